The van der Waals surface area contributed by atoms with E-state index in [2.05, 4.69) is 29.3 Å². The number of hydrogen-bond donors (Lipinski definition) is 1. The Hall–Kier alpha value is -3.08. The van der Waals surface area contributed by atoms with Gasteiger partial charge < -0.3 is 9.64 Å². The van der Waals surface area contributed by atoms with Gasteiger partial charge in [0.25, 0.3) is 5.91 Å². The SMILES string of the molecule is CCN(CC)c1ccc(C(=O)N/N=C\C=C\c2ccccc2OC)cc1. The lowest BCUT2D eigenvalue weighted by Gasteiger charge is -2.20. The topological polar surface area (TPSA) is 53.9 Å². The van der Waals surface area contributed by atoms with E-state index < -0.39 is 0 Å². The van der Waals surface area contributed by atoms with Crippen molar-refractivity contribution in [2.24, 2.45) is 5.10 Å². The molecule has 2 aromatic carbocycles. The number of allylic oxidation sites excluding steroid dienone is 1. The van der Waals surface area contributed by atoms with Gasteiger partial charge >= 0.3 is 0 Å². The standard InChI is InChI=1S/C21H25N3O2/c1-4-24(5-2)19-14-12-18(13-15-19)21(25)23-22-16-8-10-17-9-6-7-11-20(17)26-3/h6-16H,4-5H2,1-3H3,(H,23,25)/b10-8+,22-16-. The zero-order valence-electron chi connectivity index (χ0n) is 15.5. The summed E-state index contributed by atoms with van der Waals surface area (Å²) in [6.07, 6.45) is 5.16. The Morgan fingerprint density at radius 1 is 1.12 bits per heavy atom. The quantitative estimate of drug-likeness (QED) is 0.578. The van der Waals surface area contributed by atoms with Crippen molar-refractivity contribution in [3.63, 3.8) is 0 Å². The highest BCUT2D eigenvalue weighted by atomic mass is 16.5. The number of nitrogens with one attached hydrogen (secondary N) is 1. The van der Waals surface area contributed by atoms with Gasteiger partial charge in [0.05, 0.1) is 7.11 Å². The third-order valence-electron chi connectivity index (χ3n) is 4.00. The van der Waals surface area contributed by atoms with Crippen LogP contribution in [0.3, 0.4) is 0 Å². The largest absolute Gasteiger partial charge is 0.496 e. The number of benzene rings is 2. The molecule has 1 amide bonds. The van der Waals surface area contributed by atoms with Gasteiger partial charge in [-0.2, -0.15) is 5.10 Å². The summed E-state index contributed by atoms with van der Waals surface area (Å²) in [5.74, 6) is 0.549. The lowest BCUT2D eigenvalue weighted by Crippen LogP contribution is -2.22. The molecular weight excluding hydrogens is 326 g/mol. The van der Waals surface area contributed by atoms with E-state index in [0.717, 1.165) is 30.1 Å². The fourth-order valence-electron chi connectivity index (χ4n) is 2.57. The van der Waals surface area contributed by atoms with Crippen LogP contribution in [0.5, 0.6) is 5.75 Å². The summed E-state index contributed by atoms with van der Waals surface area (Å²) in [4.78, 5) is 14.3. The monoisotopic (exact) mass is 351 g/mol. The van der Waals surface area contributed by atoms with Crippen molar-refractivity contribution in [3.8, 4) is 5.75 Å². The van der Waals surface area contributed by atoms with Gasteiger partial charge in [0, 0.05) is 36.1 Å². The van der Waals surface area contributed by atoms with Gasteiger partial charge in [-0.05, 0) is 56.3 Å². The third kappa shape index (κ3) is 5.21. The number of hydrazone groups is 1. The molecule has 2 rings (SSSR count). The molecule has 136 valence electrons. The van der Waals surface area contributed by atoms with Crippen LogP contribution in [0.1, 0.15) is 29.8 Å². The van der Waals surface area contributed by atoms with Crippen molar-refractivity contribution in [1.82, 2.24) is 5.43 Å². The molecule has 0 radical (unpaired) electrons. The third-order valence-corrected chi connectivity index (χ3v) is 4.00. The molecule has 26 heavy (non-hydrogen) atoms. The minimum Gasteiger partial charge on any atom is -0.496 e. The Morgan fingerprint density at radius 2 is 1.81 bits per heavy atom. The smallest absolute Gasteiger partial charge is 0.271 e. The fourth-order valence-corrected chi connectivity index (χ4v) is 2.57. The predicted molar refractivity (Wildman–Crippen MR) is 108 cm³/mol. The molecule has 5 heteroatoms. The lowest BCUT2D eigenvalue weighted by atomic mass is 10.2. The molecule has 0 aliphatic rings. The summed E-state index contributed by atoms with van der Waals surface area (Å²) in [5.41, 5.74) is 5.15. The summed E-state index contributed by atoms with van der Waals surface area (Å²) < 4.78 is 5.27. The number of amides is 1. The molecule has 0 spiro atoms. The summed E-state index contributed by atoms with van der Waals surface area (Å²) in [5, 5.41) is 3.95. The highest BCUT2D eigenvalue weighted by Gasteiger charge is 2.06. The number of carbonyl (C=O) groups excluding carboxylic acids is 1. The average molecular weight is 351 g/mol. The van der Waals surface area contributed by atoms with Crippen molar-refractivity contribution in [2.75, 3.05) is 25.1 Å². The van der Waals surface area contributed by atoms with Gasteiger partial charge in [0.2, 0.25) is 0 Å². The van der Waals surface area contributed by atoms with Crippen LogP contribution in [-0.2, 0) is 0 Å². The maximum absolute atomic E-state index is 12.1. The Bertz CT molecular complexity index is 763. The molecule has 0 unspecified atom stereocenters. The summed E-state index contributed by atoms with van der Waals surface area (Å²) in [6.45, 7) is 6.09. The van der Waals surface area contributed by atoms with Crippen LogP contribution in [0.25, 0.3) is 6.08 Å². The molecule has 0 aromatic heterocycles. The van der Waals surface area contributed by atoms with E-state index in [9.17, 15) is 4.79 Å². The van der Waals surface area contributed by atoms with Crippen LogP contribution in [-0.4, -0.2) is 32.3 Å². The molecule has 0 saturated heterocycles. The number of rotatable bonds is 8. The summed E-state index contributed by atoms with van der Waals surface area (Å²) in [7, 11) is 1.63. The van der Waals surface area contributed by atoms with Crippen molar-refractivity contribution in [1.29, 1.82) is 0 Å². The van der Waals surface area contributed by atoms with E-state index >= 15 is 0 Å². The van der Waals surface area contributed by atoms with Gasteiger partial charge in [-0.3, -0.25) is 4.79 Å². The number of methoxy groups -OCH3 is 1. The predicted octanol–water partition coefficient (Wildman–Crippen LogP) is 3.97. The minimum absolute atomic E-state index is 0.238. The molecule has 0 fully saturated rings. The van der Waals surface area contributed by atoms with E-state index in [0.29, 0.717) is 5.56 Å². The summed E-state index contributed by atoms with van der Waals surface area (Å²) in [6, 6.07) is 15.2. The molecule has 0 aliphatic carbocycles. The van der Waals surface area contributed by atoms with Crippen LogP contribution >= 0.6 is 0 Å². The van der Waals surface area contributed by atoms with Crippen molar-refractivity contribution >= 4 is 23.9 Å². The lowest BCUT2D eigenvalue weighted by molar-refractivity contribution is 0.0955. The highest BCUT2D eigenvalue weighted by molar-refractivity contribution is 5.95. The van der Waals surface area contributed by atoms with Crippen molar-refractivity contribution in [3.05, 3.63) is 65.7 Å². The molecule has 2 aromatic rings. The Kier molecular flexibility index (Phi) is 7.43. The number of ether oxygens (including phenoxy) is 1. The second kappa shape index (κ2) is 10.0. The van der Waals surface area contributed by atoms with Crippen LogP contribution in [0.2, 0.25) is 0 Å². The molecule has 0 bridgehead atoms. The van der Waals surface area contributed by atoms with Gasteiger partial charge in [0.15, 0.2) is 0 Å². The molecule has 0 saturated carbocycles. The second-order valence-electron chi connectivity index (χ2n) is 5.54. The van der Waals surface area contributed by atoms with Crippen LogP contribution < -0.4 is 15.1 Å². The Labute approximate surface area is 155 Å². The molecule has 5 nitrogen and oxygen atoms in total. The molecule has 0 aliphatic heterocycles. The van der Waals surface area contributed by atoms with Crippen molar-refractivity contribution < 1.29 is 9.53 Å². The zero-order chi connectivity index (χ0) is 18.8. The number of hydrogen-bond acceptors (Lipinski definition) is 4. The van der Waals surface area contributed by atoms with Gasteiger partial charge in [-0.25, -0.2) is 5.43 Å². The van der Waals surface area contributed by atoms with E-state index in [-0.39, 0.29) is 5.91 Å². The first-order chi connectivity index (χ1) is 12.7. The average Bonchev–Trinajstić information content (AvgIpc) is 2.69. The Morgan fingerprint density at radius 3 is 2.46 bits per heavy atom. The van der Waals surface area contributed by atoms with Gasteiger partial charge in [-0.1, -0.05) is 18.2 Å². The maximum atomic E-state index is 12.1. The normalized spacial score (nSPS) is 11.0. The Balaban J connectivity index is 1.91. The van der Waals surface area contributed by atoms with E-state index in [1.165, 1.54) is 6.21 Å². The van der Waals surface area contributed by atoms with E-state index in [1.807, 2.05) is 54.6 Å². The molecule has 1 N–H and O–H groups in total. The second-order valence-corrected chi connectivity index (χ2v) is 5.54. The molecule has 0 heterocycles. The molecular formula is C21H25N3O2. The summed E-state index contributed by atoms with van der Waals surface area (Å²) >= 11 is 0. The maximum Gasteiger partial charge on any atom is 0.271 e. The number of carbonyl (C=O) groups is 1. The van der Waals surface area contributed by atoms with E-state index in [4.69, 9.17) is 4.74 Å². The number of nitrogens with zero attached hydrogens (tertiary/aromatic N) is 2. The van der Waals surface area contributed by atoms with Gasteiger partial charge in [-0.15, -0.1) is 0 Å². The van der Waals surface area contributed by atoms with Gasteiger partial charge in [0.1, 0.15) is 5.75 Å². The first-order valence-electron chi connectivity index (χ1n) is 8.67. The van der Waals surface area contributed by atoms with Crippen LogP contribution in [0.15, 0.2) is 59.7 Å². The first-order valence-corrected chi connectivity index (χ1v) is 8.67. The molecule has 0 atom stereocenters. The highest BCUT2D eigenvalue weighted by Crippen LogP contribution is 2.18. The number of anilines is 1. The van der Waals surface area contributed by atoms with Crippen molar-refractivity contribution in [2.45, 2.75) is 13.8 Å². The fraction of sp³-hybridized carbons (Fsp3) is 0.238. The van der Waals surface area contributed by atoms with Crippen LogP contribution in [0.4, 0.5) is 5.69 Å². The number of para-hydroxylation sites is 1. The minimum atomic E-state index is -0.238. The first kappa shape index (κ1) is 19.2. The van der Waals surface area contributed by atoms with E-state index in [1.54, 1.807) is 13.2 Å². The zero-order valence-corrected chi connectivity index (χ0v) is 15.5. The van der Waals surface area contributed by atoms with Crippen LogP contribution in [0, 0.1) is 0 Å².